The fraction of sp³-hybridized carbons (Fsp3) is 0.250. The van der Waals surface area contributed by atoms with Crippen LogP contribution in [0.15, 0.2) is 24.3 Å². The van der Waals surface area contributed by atoms with E-state index in [1.165, 1.54) is 18.2 Å². The molecule has 0 aromatic heterocycles. The number of rotatable bonds is 9. The van der Waals surface area contributed by atoms with Gasteiger partial charge >= 0.3 is 5.97 Å². The maximum Gasteiger partial charge on any atom is 0.324 e. The molecule has 2 aliphatic rings. The number of benzene rings is 2. The van der Waals surface area contributed by atoms with Gasteiger partial charge in [0.15, 0.2) is 0 Å². The molecule has 10 heteroatoms. The van der Waals surface area contributed by atoms with Gasteiger partial charge in [-0.25, -0.2) is 0 Å². The minimum absolute atomic E-state index is 0.0221. The van der Waals surface area contributed by atoms with Crippen LogP contribution >= 0.6 is 0 Å². The number of nitrogens with two attached hydrogens (primary N) is 1. The Kier molecular flexibility index (Phi) is 5.27. The van der Waals surface area contributed by atoms with Crippen molar-refractivity contribution < 1.29 is 39.9 Å². The van der Waals surface area contributed by atoms with Gasteiger partial charge in [-0.1, -0.05) is 6.07 Å². The molecule has 10 nitrogen and oxygen atoms in total. The molecule has 158 valence electrons. The Bertz CT molecular complexity index is 1070. The largest absolute Gasteiger partial charge is 0.508 e. The van der Waals surface area contributed by atoms with Crippen LogP contribution in [0.1, 0.15) is 39.9 Å². The van der Waals surface area contributed by atoms with Crippen LogP contribution in [0.25, 0.3) is 0 Å². The van der Waals surface area contributed by atoms with Gasteiger partial charge in [-0.3, -0.25) is 19.7 Å². The molecule has 0 fully saturated rings. The van der Waals surface area contributed by atoms with Gasteiger partial charge in [0.2, 0.25) is 11.7 Å². The summed E-state index contributed by atoms with van der Waals surface area (Å²) in [6.45, 7) is -0.205. The van der Waals surface area contributed by atoms with Gasteiger partial charge < -0.3 is 31.3 Å². The van der Waals surface area contributed by atoms with E-state index in [-0.39, 0.29) is 65.3 Å². The first kappa shape index (κ1) is 20.9. The monoisotopic (exact) mass is 416 g/mol. The Hall–Kier alpha value is -3.79. The number of carbonyl (C=O) groups excluding carboxylic acids is 2. The number of amides is 1. The van der Waals surface area contributed by atoms with Crippen molar-refractivity contribution in [3.05, 3.63) is 46.5 Å². The normalized spacial score (nSPS) is 14.1. The minimum atomic E-state index is -1.77. The van der Waals surface area contributed by atoms with E-state index in [9.17, 15) is 39.9 Å². The molecule has 0 spiro atoms. The number of aliphatic carboxylic acids is 1. The zero-order valence-corrected chi connectivity index (χ0v) is 15.7. The maximum absolute atomic E-state index is 12.2. The van der Waals surface area contributed by atoms with E-state index >= 15 is 0 Å². The summed E-state index contributed by atoms with van der Waals surface area (Å²) in [5.41, 5.74) is 3.61. The van der Waals surface area contributed by atoms with Crippen molar-refractivity contribution in [2.24, 2.45) is 5.73 Å². The molecular weight excluding hydrogens is 396 g/mol. The molecule has 1 unspecified atom stereocenters. The highest BCUT2D eigenvalue weighted by molar-refractivity contribution is 6.23. The number of nitrogens with one attached hydrogen (secondary N) is 1. The number of carboxylic acid groups (broad SMARTS) is 1. The number of phenols is 4. The summed E-state index contributed by atoms with van der Waals surface area (Å²) < 4.78 is 0. The van der Waals surface area contributed by atoms with Gasteiger partial charge in [0.05, 0.1) is 5.56 Å². The summed E-state index contributed by atoms with van der Waals surface area (Å²) in [5.74, 6) is -3.85. The standard InChI is InChI=1S/C20H20N2O8/c21-14(25)3-4-20(19(29)30,7-9-1-2-11(23)6-13(9)24)22-8-10-5-12-17(27)15(16(10)26)18(12)28/h1-2,5-6,22-24,26-27H,3-4,7-8H2,(H2,21,25)(H,29,30). The molecule has 2 aromatic carbocycles. The van der Waals surface area contributed by atoms with Crippen molar-refractivity contribution >= 4 is 17.7 Å². The average molecular weight is 416 g/mol. The van der Waals surface area contributed by atoms with E-state index in [4.69, 9.17) is 5.73 Å². The first-order valence-electron chi connectivity index (χ1n) is 8.96. The number of hydrogen-bond acceptors (Lipinski definition) is 8. The second kappa shape index (κ2) is 7.56. The second-order valence-electron chi connectivity index (χ2n) is 7.18. The third-order valence-electron chi connectivity index (χ3n) is 5.21. The van der Waals surface area contributed by atoms with E-state index in [1.807, 2.05) is 0 Å². The summed E-state index contributed by atoms with van der Waals surface area (Å²) in [5, 5.41) is 52.1. The molecule has 0 saturated carbocycles. The van der Waals surface area contributed by atoms with Crippen molar-refractivity contribution in [2.45, 2.75) is 31.3 Å². The first-order valence-corrected chi connectivity index (χ1v) is 8.96. The molecule has 0 saturated heterocycles. The van der Waals surface area contributed by atoms with Gasteiger partial charge in [0.25, 0.3) is 0 Å². The zero-order valence-electron chi connectivity index (χ0n) is 15.7. The van der Waals surface area contributed by atoms with Gasteiger partial charge in [0, 0.05) is 31.0 Å². The lowest BCUT2D eigenvalue weighted by Gasteiger charge is -2.32. The predicted molar refractivity (Wildman–Crippen MR) is 102 cm³/mol. The van der Waals surface area contributed by atoms with E-state index in [0.29, 0.717) is 0 Å². The Morgan fingerprint density at radius 3 is 2.27 bits per heavy atom. The van der Waals surface area contributed by atoms with Crippen LogP contribution in [0.3, 0.4) is 0 Å². The number of hydrogen-bond donors (Lipinski definition) is 7. The third-order valence-corrected chi connectivity index (χ3v) is 5.21. The summed E-state index contributed by atoms with van der Waals surface area (Å²) in [7, 11) is 0. The number of ketones is 1. The minimum Gasteiger partial charge on any atom is -0.508 e. The Morgan fingerprint density at radius 2 is 1.73 bits per heavy atom. The zero-order chi connectivity index (χ0) is 22.2. The van der Waals surface area contributed by atoms with Crippen molar-refractivity contribution in [3.63, 3.8) is 0 Å². The summed E-state index contributed by atoms with van der Waals surface area (Å²) in [6.07, 6.45) is -0.761. The Labute approximate surface area is 170 Å². The lowest BCUT2D eigenvalue weighted by molar-refractivity contribution is -0.145. The average Bonchev–Trinajstić information content (AvgIpc) is 2.67. The highest BCUT2D eigenvalue weighted by Gasteiger charge is 2.40. The molecule has 1 amide bonds. The lowest BCUT2D eigenvalue weighted by atomic mass is 9.83. The second-order valence-corrected chi connectivity index (χ2v) is 7.18. The highest BCUT2D eigenvalue weighted by atomic mass is 16.4. The van der Waals surface area contributed by atoms with Crippen LogP contribution < -0.4 is 11.1 Å². The van der Waals surface area contributed by atoms with Crippen LogP contribution in [-0.4, -0.2) is 48.7 Å². The van der Waals surface area contributed by atoms with Gasteiger partial charge in [0.1, 0.15) is 34.1 Å². The molecular formula is C20H20N2O8. The fourth-order valence-corrected chi connectivity index (χ4v) is 3.44. The Morgan fingerprint density at radius 1 is 1.03 bits per heavy atom. The van der Waals surface area contributed by atoms with Gasteiger partial charge in [-0.15, -0.1) is 0 Å². The van der Waals surface area contributed by atoms with Crippen LogP contribution in [0, 0.1) is 0 Å². The van der Waals surface area contributed by atoms with Crippen molar-refractivity contribution in [3.8, 4) is 23.0 Å². The molecule has 1 atom stereocenters. The van der Waals surface area contributed by atoms with E-state index in [0.717, 1.165) is 6.07 Å². The first-order chi connectivity index (χ1) is 14.1. The third kappa shape index (κ3) is 3.60. The number of phenolic OH excluding ortho intramolecular Hbond substituents is 4. The molecule has 0 heterocycles. The van der Waals surface area contributed by atoms with E-state index < -0.39 is 28.9 Å². The number of carboxylic acids is 1. The molecule has 2 aliphatic carbocycles. The topological polar surface area (TPSA) is 190 Å². The van der Waals surface area contributed by atoms with Crippen LogP contribution in [0.5, 0.6) is 23.0 Å². The van der Waals surface area contributed by atoms with E-state index in [1.54, 1.807) is 0 Å². The predicted octanol–water partition coefficient (Wildman–Crippen LogP) is 0.475. The van der Waals surface area contributed by atoms with Gasteiger partial charge in [-0.2, -0.15) is 0 Å². The maximum atomic E-state index is 12.2. The molecule has 0 aliphatic heterocycles. The summed E-state index contributed by atoms with van der Waals surface area (Å²) in [4.78, 5) is 35.2. The molecule has 2 aromatic rings. The fourth-order valence-electron chi connectivity index (χ4n) is 3.44. The highest BCUT2D eigenvalue weighted by Crippen LogP contribution is 2.44. The van der Waals surface area contributed by atoms with Crippen molar-refractivity contribution in [1.29, 1.82) is 0 Å². The van der Waals surface area contributed by atoms with Crippen LogP contribution in [0.4, 0.5) is 0 Å². The number of carbonyl (C=O) groups is 3. The van der Waals surface area contributed by atoms with Crippen molar-refractivity contribution in [1.82, 2.24) is 5.32 Å². The molecule has 4 rings (SSSR count). The van der Waals surface area contributed by atoms with Crippen molar-refractivity contribution in [2.75, 3.05) is 0 Å². The van der Waals surface area contributed by atoms with Crippen LogP contribution in [-0.2, 0) is 22.6 Å². The molecule has 8 N–H and O–H groups in total. The van der Waals surface area contributed by atoms with Gasteiger partial charge in [-0.05, 0) is 24.1 Å². The molecule has 2 bridgehead atoms. The molecule has 30 heavy (non-hydrogen) atoms. The Balaban J connectivity index is 1.92. The van der Waals surface area contributed by atoms with E-state index in [2.05, 4.69) is 5.32 Å². The molecule has 0 radical (unpaired) electrons. The smallest absolute Gasteiger partial charge is 0.324 e. The van der Waals surface area contributed by atoms with Crippen LogP contribution in [0.2, 0.25) is 0 Å². The number of primary amides is 1. The lowest BCUT2D eigenvalue weighted by Crippen LogP contribution is -2.54. The quantitative estimate of drug-likeness (QED) is 0.260. The summed E-state index contributed by atoms with van der Waals surface area (Å²) in [6, 6.07) is 4.95. The number of fused-ring (bicyclic) bond motifs is 2. The summed E-state index contributed by atoms with van der Waals surface area (Å²) >= 11 is 0. The SMILES string of the molecule is NC(=O)CCC(Cc1ccc(O)cc1O)(NCc1cc2c(O)c(c1O)C2=O)C(=O)O. The number of aromatic hydroxyl groups is 4.